The fourth-order valence-corrected chi connectivity index (χ4v) is 2.18. The fraction of sp³-hybridized carbons (Fsp3) is 0.308. The van der Waals surface area contributed by atoms with Crippen molar-refractivity contribution in [1.82, 2.24) is 14.5 Å². The molecule has 2 heterocycles. The first-order valence-electron chi connectivity index (χ1n) is 6.04. The molecule has 19 heavy (non-hydrogen) atoms. The molecule has 6 heteroatoms. The Bertz CT molecular complexity index is 677. The SMILES string of the molecule is CCc1c(Cl)[nH]c(=O)n(CCc2cccnc2)c1=O. The molecule has 0 radical (unpaired) electrons. The van der Waals surface area contributed by atoms with Crippen LogP contribution >= 0.6 is 11.6 Å². The molecule has 0 fully saturated rings. The van der Waals surface area contributed by atoms with Gasteiger partial charge in [0.05, 0.1) is 5.56 Å². The number of hydrogen-bond acceptors (Lipinski definition) is 3. The summed E-state index contributed by atoms with van der Waals surface area (Å²) in [6.45, 7) is 2.14. The van der Waals surface area contributed by atoms with Crippen molar-refractivity contribution in [1.29, 1.82) is 0 Å². The number of nitrogens with zero attached hydrogens (tertiary/aromatic N) is 2. The standard InChI is InChI=1S/C13H14ClN3O2/c1-2-10-11(14)16-13(19)17(12(10)18)7-5-9-4-3-6-15-8-9/h3-4,6,8H,2,5,7H2,1H3,(H,16,19). The maximum Gasteiger partial charge on any atom is 0.329 e. The van der Waals surface area contributed by atoms with E-state index in [1.165, 1.54) is 4.57 Å². The number of rotatable bonds is 4. The molecule has 0 unspecified atom stereocenters. The largest absolute Gasteiger partial charge is 0.329 e. The highest BCUT2D eigenvalue weighted by molar-refractivity contribution is 6.30. The molecular formula is C13H14ClN3O2. The highest BCUT2D eigenvalue weighted by Gasteiger charge is 2.10. The number of nitrogens with one attached hydrogen (secondary N) is 1. The molecule has 0 aromatic carbocycles. The zero-order chi connectivity index (χ0) is 13.8. The Morgan fingerprint density at radius 1 is 1.42 bits per heavy atom. The Morgan fingerprint density at radius 2 is 2.21 bits per heavy atom. The highest BCUT2D eigenvalue weighted by Crippen LogP contribution is 2.06. The second-order valence-corrected chi connectivity index (χ2v) is 4.52. The number of aromatic amines is 1. The lowest BCUT2D eigenvalue weighted by Crippen LogP contribution is -2.37. The van der Waals surface area contributed by atoms with E-state index in [4.69, 9.17) is 11.6 Å². The molecule has 0 saturated carbocycles. The van der Waals surface area contributed by atoms with Gasteiger partial charge in [0.2, 0.25) is 0 Å². The smallest absolute Gasteiger partial charge is 0.297 e. The van der Waals surface area contributed by atoms with Crippen LogP contribution < -0.4 is 11.2 Å². The van der Waals surface area contributed by atoms with Gasteiger partial charge in [-0.15, -0.1) is 0 Å². The Balaban J connectivity index is 2.31. The van der Waals surface area contributed by atoms with Gasteiger partial charge >= 0.3 is 5.69 Å². The van der Waals surface area contributed by atoms with Gasteiger partial charge in [-0.2, -0.15) is 0 Å². The van der Waals surface area contributed by atoms with Crippen LogP contribution in [0.15, 0.2) is 34.1 Å². The second-order valence-electron chi connectivity index (χ2n) is 4.14. The van der Waals surface area contributed by atoms with Gasteiger partial charge in [-0.05, 0) is 24.5 Å². The molecule has 2 aromatic rings. The van der Waals surface area contributed by atoms with E-state index >= 15 is 0 Å². The molecule has 0 aliphatic rings. The molecule has 0 aliphatic carbocycles. The third-order valence-corrected chi connectivity index (χ3v) is 3.25. The summed E-state index contributed by atoms with van der Waals surface area (Å²) >= 11 is 5.85. The predicted molar refractivity (Wildman–Crippen MR) is 73.7 cm³/mol. The van der Waals surface area contributed by atoms with Gasteiger partial charge < -0.3 is 0 Å². The molecule has 0 atom stereocenters. The zero-order valence-electron chi connectivity index (χ0n) is 10.5. The topological polar surface area (TPSA) is 67.8 Å². The van der Waals surface area contributed by atoms with Gasteiger partial charge in [0.1, 0.15) is 5.15 Å². The van der Waals surface area contributed by atoms with Crippen molar-refractivity contribution in [3.05, 3.63) is 61.6 Å². The lowest BCUT2D eigenvalue weighted by atomic mass is 10.2. The molecular weight excluding hydrogens is 266 g/mol. The molecule has 0 amide bonds. The summed E-state index contributed by atoms with van der Waals surface area (Å²) in [5, 5.41) is 0.134. The van der Waals surface area contributed by atoms with E-state index in [2.05, 4.69) is 9.97 Å². The molecule has 1 N–H and O–H groups in total. The van der Waals surface area contributed by atoms with Gasteiger partial charge in [0, 0.05) is 18.9 Å². The monoisotopic (exact) mass is 279 g/mol. The van der Waals surface area contributed by atoms with Crippen molar-refractivity contribution in [2.45, 2.75) is 26.3 Å². The summed E-state index contributed by atoms with van der Waals surface area (Å²) in [6, 6.07) is 3.73. The van der Waals surface area contributed by atoms with E-state index in [-0.39, 0.29) is 10.7 Å². The van der Waals surface area contributed by atoms with E-state index < -0.39 is 5.69 Å². The van der Waals surface area contributed by atoms with Gasteiger partial charge in [-0.3, -0.25) is 19.3 Å². The summed E-state index contributed by atoms with van der Waals surface area (Å²) in [7, 11) is 0. The first-order valence-corrected chi connectivity index (χ1v) is 6.41. The van der Waals surface area contributed by atoms with Crippen LogP contribution in [0.25, 0.3) is 0 Å². The molecule has 0 aliphatic heterocycles. The van der Waals surface area contributed by atoms with E-state index in [1.54, 1.807) is 12.4 Å². The van der Waals surface area contributed by atoms with Crippen LogP contribution in [-0.4, -0.2) is 14.5 Å². The maximum absolute atomic E-state index is 12.1. The van der Waals surface area contributed by atoms with Crippen LogP contribution in [0.2, 0.25) is 5.15 Å². The van der Waals surface area contributed by atoms with Crippen molar-refractivity contribution in [2.24, 2.45) is 0 Å². The van der Waals surface area contributed by atoms with Crippen LogP contribution in [0.1, 0.15) is 18.1 Å². The zero-order valence-corrected chi connectivity index (χ0v) is 11.3. The number of hydrogen-bond donors (Lipinski definition) is 1. The molecule has 5 nitrogen and oxygen atoms in total. The number of halogens is 1. The Morgan fingerprint density at radius 3 is 2.84 bits per heavy atom. The Hall–Kier alpha value is -1.88. The van der Waals surface area contributed by atoms with Crippen LogP contribution in [0.5, 0.6) is 0 Å². The summed E-state index contributed by atoms with van der Waals surface area (Å²) in [5.74, 6) is 0. The summed E-state index contributed by atoms with van der Waals surface area (Å²) < 4.78 is 1.18. The van der Waals surface area contributed by atoms with Crippen LogP contribution in [0.3, 0.4) is 0 Å². The lowest BCUT2D eigenvalue weighted by molar-refractivity contribution is 0.619. The van der Waals surface area contributed by atoms with Gasteiger partial charge in [-0.1, -0.05) is 24.6 Å². The molecule has 0 bridgehead atoms. The third-order valence-electron chi connectivity index (χ3n) is 2.93. The first kappa shape index (κ1) is 13.5. The molecule has 0 saturated heterocycles. The molecule has 2 rings (SSSR count). The third kappa shape index (κ3) is 2.93. The Kier molecular flexibility index (Phi) is 4.16. The highest BCUT2D eigenvalue weighted by atomic mass is 35.5. The number of aromatic nitrogens is 3. The minimum absolute atomic E-state index is 0.134. The average molecular weight is 280 g/mol. The van der Waals surface area contributed by atoms with Crippen LogP contribution in [0, 0.1) is 0 Å². The van der Waals surface area contributed by atoms with Crippen molar-refractivity contribution < 1.29 is 0 Å². The second kappa shape index (κ2) is 5.84. The molecule has 0 spiro atoms. The van der Waals surface area contributed by atoms with Crippen LogP contribution in [-0.2, 0) is 19.4 Å². The van der Waals surface area contributed by atoms with E-state index in [0.717, 1.165) is 5.56 Å². The average Bonchev–Trinajstić information content (AvgIpc) is 2.39. The summed E-state index contributed by atoms with van der Waals surface area (Å²) in [5.41, 5.74) is 0.616. The van der Waals surface area contributed by atoms with E-state index in [0.29, 0.717) is 24.9 Å². The van der Waals surface area contributed by atoms with Crippen molar-refractivity contribution in [3.63, 3.8) is 0 Å². The minimum atomic E-state index is -0.476. The number of aryl methyl sites for hydroxylation is 1. The fourth-order valence-electron chi connectivity index (χ4n) is 1.88. The van der Waals surface area contributed by atoms with E-state index in [9.17, 15) is 9.59 Å². The lowest BCUT2D eigenvalue weighted by Gasteiger charge is -2.07. The molecule has 100 valence electrons. The van der Waals surface area contributed by atoms with Gasteiger partial charge in [-0.25, -0.2) is 4.79 Å². The van der Waals surface area contributed by atoms with Crippen molar-refractivity contribution in [2.75, 3.05) is 0 Å². The minimum Gasteiger partial charge on any atom is -0.297 e. The summed E-state index contributed by atoms with van der Waals surface area (Å²) in [4.78, 5) is 30.4. The number of H-pyrrole nitrogens is 1. The van der Waals surface area contributed by atoms with Gasteiger partial charge in [0.15, 0.2) is 0 Å². The Labute approximate surface area is 114 Å². The molecule has 2 aromatic heterocycles. The predicted octanol–water partition coefficient (Wildman–Crippen LogP) is 1.39. The quantitative estimate of drug-likeness (QED) is 0.860. The van der Waals surface area contributed by atoms with Crippen molar-refractivity contribution in [3.8, 4) is 0 Å². The normalized spacial score (nSPS) is 10.6. The summed E-state index contributed by atoms with van der Waals surface area (Å²) in [6.07, 6.45) is 4.46. The van der Waals surface area contributed by atoms with Crippen molar-refractivity contribution >= 4 is 11.6 Å². The van der Waals surface area contributed by atoms with E-state index in [1.807, 2.05) is 19.1 Å². The number of pyridine rings is 1. The maximum atomic E-state index is 12.1. The first-order chi connectivity index (χ1) is 9.13. The van der Waals surface area contributed by atoms with Gasteiger partial charge in [0.25, 0.3) is 5.56 Å². The van der Waals surface area contributed by atoms with Crippen LogP contribution in [0.4, 0.5) is 0 Å².